The van der Waals surface area contributed by atoms with Gasteiger partial charge in [0.05, 0.1) is 10.9 Å². The van der Waals surface area contributed by atoms with Crippen LogP contribution in [-0.2, 0) is 4.79 Å². The monoisotopic (exact) mass is 349 g/mol. The average molecular weight is 350 g/mol. The van der Waals surface area contributed by atoms with Gasteiger partial charge in [0.15, 0.2) is 0 Å². The molecule has 0 saturated heterocycles. The lowest BCUT2D eigenvalue weighted by molar-refractivity contribution is -0.121. The molecule has 0 aromatic heterocycles. The molecule has 0 aliphatic rings. The highest BCUT2D eigenvalue weighted by Gasteiger charge is 2.22. The molecule has 1 rings (SSSR count). The fourth-order valence-electron chi connectivity index (χ4n) is 1.72. The standard InChI is InChI=1S/C14H18BrF2NO2/c1-8(2)12(15)13(19)18-9(3)10-6-4-5-7-11(10)20-14(16)17/h4-9,12,14H,1-3H3,(H,18,19). The second kappa shape index (κ2) is 7.57. The molecule has 6 heteroatoms. The molecule has 0 radical (unpaired) electrons. The van der Waals surface area contributed by atoms with Crippen LogP contribution in [0, 0.1) is 5.92 Å². The zero-order chi connectivity index (χ0) is 15.3. The number of halogens is 3. The number of para-hydroxylation sites is 1. The number of carbonyl (C=O) groups is 1. The maximum absolute atomic E-state index is 12.3. The molecule has 112 valence electrons. The van der Waals surface area contributed by atoms with E-state index in [1.165, 1.54) is 6.07 Å². The second-order valence-electron chi connectivity index (χ2n) is 4.79. The predicted octanol–water partition coefficient (Wildman–Crippen LogP) is 3.88. The lowest BCUT2D eigenvalue weighted by atomic mass is 10.1. The van der Waals surface area contributed by atoms with Gasteiger partial charge >= 0.3 is 6.61 Å². The van der Waals surface area contributed by atoms with Crippen molar-refractivity contribution in [3.05, 3.63) is 29.8 Å². The highest BCUT2D eigenvalue weighted by molar-refractivity contribution is 9.10. The van der Waals surface area contributed by atoms with Crippen molar-refractivity contribution in [3.8, 4) is 5.75 Å². The minimum absolute atomic E-state index is 0.0750. The predicted molar refractivity (Wildman–Crippen MR) is 77.2 cm³/mol. The van der Waals surface area contributed by atoms with Crippen LogP contribution in [0.15, 0.2) is 24.3 Å². The number of hydrogen-bond acceptors (Lipinski definition) is 2. The number of carbonyl (C=O) groups excluding carboxylic acids is 1. The normalized spacial score (nSPS) is 14.2. The van der Waals surface area contributed by atoms with Crippen LogP contribution in [0.2, 0.25) is 0 Å². The van der Waals surface area contributed by atoms with Crippen LogP contribution < -0.4 is 10.1 Å². The van der Waals surface area contributed by atoms with Crippen LogP contribution in [0.5, 0.6) is 5.75 Å². The van der Waals surface area contributed by atoms with E-state index in [9.17, 15) is 13.6 Å². The third-order valence-corrected chi connectivity index (χ3v) is 4.27. The van der Waals surface area contributed by atoms with Crippen molar-refractivity contribution in [2.75, 3.05) is 0 Å². The molecule has 0 bridgehead atoms. The van der Waals surface area contributed by atoms with Crippen LogP contribution in [-0.4, -0.2) is 17.3 Å². The molecule has 0 saturated carbocycles. The Kier molecular flexibility index (Phi) is 6.39. The number of nitrogens with one attached hydrogen (secondary N) is 1. The van der Waals surface area contributed by atoms with Gasteiger partial charge in [-0.15, -0.1) is 0 Å². The third-order valence-electron chi connectivity index (χ3n) is 2.80. The summed E-state index contributed by atoms with van der Waals surface area (Å²) < 4.78 is 29.1. The smallest absolute Gasteiger partial charge is 0.387 e. The van der Waals surface area contributed by atoms with Crippen molar-refractivity contribution >= 4 is 21.8 Å². The van der Waals surface area contributed by atoms with Crippen LogP contribution in [0.3, 0.4) is 0 Å². The maximum atomic E-state index is 12.3. The van der Waals surface area contributed by atoms with E-state index in [4.69, 9.17) is 0 Å². The molecule has 0 spiro atoms. The molecule has 20 heavy (non-hydrogen) atoms. The molecule has 0 aliphatic carbocycles. The first-order chi connectivity index (χ1) is 9.32. The first kappa shape index (κ1) is 16.9. The number of ether oxygens (including phenoxy) is 1. The molecule has 1 aromatic carbocycles. The number of hydrogen-bond donors (Lipinski definition) is 1. The molecule has 0 fully saturated rings. The van der Waals surface area contributed by atoms with Crippen LogP contribution >= 0.6 is 15.9 Å². The van der Waals surface area contributed by atoms with Gasteiger partial charge in [0, 0.05) is 5.56 Å². The van der Waals surface area contributed by atoms with Crippen LogP contribution in [0.1, 0.15) is 32.4 Å². The van der Waals surface area contributed by atoms with Gasteiger partial charge in [0.1, 0.15) is 5.75 Å². The Morgan fingerprint density at radius 3 is 2.40 bits per heavy atom. The highest BCUT2D eigenvalue weighted by Crippen LogP contribution is 2.26. The van der Waals surface area contributed by atoms with Gasteiger partial charge in [-0.3, -0.25) is 4.79 Å². The summed E-state index contributed by atoms with van der Waals surface area (Å²) in [6.07, 6.45) is 0. The van der Waals surface area contributed by atoms with Gasteiger partial charge in [0.2, 0.25) is 5.91 Å². The van der Waals surface area contributed by atoms with Gasteiger partial charge in [0.25, 0.3) is 0 Å². The zero-order valence-corrected chi connectivity index (χ0v) is 13.2. The van der Waals surface area contributed by atoms with Crippen molar-refractivity contribution in [2.24, 2.45) is 5.92 Å². The summed E-state index contributed by atoms with van der Waals surface area (Å²) in [6, 6.07) is 6.01. The first-order valence-corrected chi connectivity index (χ1v) is 7.22. The quantitative estimate of drug-likeness (QED) is 0.791. The van der Waals surface area contributed by atoms with Crippen molar-refractivity contribution in [3.63, 3.8) is 0 Å². The fraction of sp³-hybridized carbons (Fsp3) is 0.500. The summed E-state index contributed by atoms with van der Waals surface area (Å²) in [5, 5.41) is 2.78. The number of rotatable bonds is 6. The molecule has 2 unspecified atom stereocenters. The summed E-state index contributed by atoms with van der Waals surface area (Å²) in [5.41, 5.74) is 0.518. The SMILES string of the molecule is CC(NC(=O)C(Br)C(C)C)c1ccccc1OC(F)F. The minimum Gasteiger partial charge on any atom is -0.434 e. The molecule has 3 nitrogen and oxygen atoms in total. The summed E-state index contributed by atoms with van der Waals surface area (Å²) in [7, 11) is 0. The zero-order valence-electron chi connectivity index (χ0n) is 11.6. The highest BCUT2D eigenvalue weighted by atomic mass is 79.9. The van der Waals surface area contributed by atoms with Crippen molar-refractivity contribution in [2.45, 2.75) is 38.3 Å². The van der Waals surface area contributed by atoms with Crippen molar-refractivity contribution in [1.29, 1.82) is 0 Å². The van der Waals surface area contributed by atoms with Gasteiger partial charge < -0.3 is 10.1 Å². The Balaban J connectivity index is 2.82. The Labute approximate surface area is 125 Å². The Bertz CT molecular complexity index is 455. The van der Waals surface area contributed by atoms with E-state index in [1.54, 1.807) is 25.1 Å². The lowest BCUT2D eigenvalue weighted by Crippen LogP contribution is -2.35. The Hall–Kier alpha value is -1.17. The number of benzene rings is 1. The molecule has 1 amide bonds. The summed E-state index contributed by atoms with van der Waals surface area (Å²) in [5.74, 6) is 0.0278. The minimum atomic E-state index is -2.89. The second-order valence-corrected chi connectivity index (χ2v) is 5.78. The van der Waals surface area contributed by atoms with Crippen LogP contribution in [0.25, 0.3) is 0 Å². The van der Waals surface area contributed by atoms with Crippen molar-refractivity contribution < 1.29 is 18.3 Å². The molecule has 1 aromatic rings. The van der Waals surface area contributed by atoms with E-state index in [1.807, 2.05) is 13.8 Å². The van der Waals surface area contributed by atoms with E-state index in [0.29, 0.717) is 5.56 Å². The van der Waals surface area contributed by atoms with E-state index in [2.05, 4.69) is 26.0 Å². The maximum Gasteiger partial charge on any atom is 0.387 e. The topological polar surface area (TPSA) is 38.3 Å². The van der Waals surface area contributed by atoms with Gasteiger partial charge in [-0.05, 0) is 18.9 Å². The van der Waals surface area contributed by atoms with Gasteiger partial charge in [-0.2, -0.15) is 8.78 Å². The summed E-state index contributed by atoms with van der Waals surface area (Å²) in [4.78, 5) is 11.6. The van der Waals surface area contributed by atoms with E-state index in [0.717, 1.165) is 0 Å². The largest absolute Gasteiger partial charge is 0.434 e. The van der Waals surface area contributed by atoms with Crippen LogP contribution in [0.4, 0.5) is 8.78 Å². The Morgan fingerprint density at radius 1 is 1.25 bits per heavy atom. The summed E-state index contributed by atoms with van der Waals surface area (Å²) in [6.45, 7) is 2.67. The first-order valence-electron chi connectivity index (χ1n) is 6.31. The average Bonchev–Trinajstić information content (AvgIpc) is 2.37. The third kappa shape index (κ3) is 4.74. The van der Waals surface area contributed by atoms with Crippen molar-refractivity contribution in [1.82, 2.24) is 5.32 Å². The van der Waals surface area contributed by atoms with E-state index < -0.39 is 12.7 Å². The van der Waals surface area contributed by atoms with Gasteiger partial charge in [-0.25, -0.2) is 0 Å². The molecule has 1 N–H and O–H groups in total. The molecule has 0 aliphatic heterocycles. The van der Waals surface area contributed by atoms with E-state index >= 15 is 0 Å². The molecule has 0 heterocycles. The molecular weight excluding hydrogens is 332 g/mol. The number of amides is 1. The molecular formula is C14H18BrF2NO2. The summed E-state index contributed by atoms with van der Waals surface area (Å²) >= 11 is 3.30. The lowest BCUT2D eigenvalue weighted by Gasteiger charge is -2.21. The van der Waals surface area contributed by atoms with Gasteiger partial charge in [-0.1, -0.05) is 48.0 Å². The number of alkyl halides is 3. The Morgan fingerprint density at radius 2 is 1.85 bits per heavy atom. The van der Waals surface area contributed by atoms with E-state index in [-0.39, 0.29) is 22.4 Å². The molecule has 2 atom stereocenters. The fourth-order valence-corrected chi connectivity index (χ4v) is 1.85.